The van der Waals surface area contributed by atoms with Crippen LogP contribution in [-0.4, -0.2) is 15.8 Å². The van der Waals surface area contributed by atoms with Gasteiger partial charge in [-0.15, -0.1) is 0 Å². The molecule has 0 saturated heterocycles. The normalized spacial score (nSPS) is 9.93. The summed E-state index contributed by atoms with van der Waals surface area (Å²) in [5.41, 5.74) is 0.997. The van der Waals surface area contributed by atoms with Crippen molar-refractivity contribution in [2.45, 2.75) is 0 Å². The third-order valence-corrected chi connectivity index (χ3v) is 2.14. The number of hydrogen-bond acceptors (Lipinski definition) is 3. The van der Waals surface area contributed by atoms with Gasteiger partial charge in [0.2, 0.25) is 0 Å². The lowest BCUT2D eigenvalue weighted by Gasteiger charge is -1.99. The molecule has 0 N–H and O–H groups in total. The molecule has 3 nitrogen and oxygen atoms in total. The summed E-state index contributed by atoms with van der Waals surface area (Å²) in [6, 6.07) is 6.79. The molecule has 0 atom stereocenters. The van der Waals surface area contributed by atoms with Crippen LogP contribution in [0, 0.1) is 0 Å². The minimum absolute atomic E-state index is 0.127. The lowest BCUT2D eigenvalue weighted by Crippen LogP contribution is -2.01. The maximum Gasteiger partial charge on any atom is 0.196 e. The van der Waals surface area contributed by atoms with Crippen LogP contribution in [0.3, 0.4) is 0 Å². The molecule has 0 amide bonds. The monoisotopic (exact) mass is 218 g/mol. The Morgan fingerprint density at radius 3 is 2.53 bits per heavy atom. The van der Waals surface area contributed by atoms with Gasteiger partial charge in [-0.1, -0.05) is 23.7 Å². The van der Waals surface area contributed by atoms with Crippen molar-refractivity contribution in [1.29, 1.82) is 0 Å². The first-order valence-corrected chi connectivity index (χ1v) is 4.70. The van der Waals surface area contributed by atoms with Crippen LogP contribution in [0.4, 0.5) is 0 Å². The quantitative estimate of drug-likeness (QED) is 0.727. The standard InChI is InChI=1S/C11H7ClN2O/c12-10-3-1-2-8(4-10)11(15)9-5-13-7-14-6-9/h1-7H. The number of halogens is 1. The van der Waals surface area contributed by atoms with Crippen LogP contribution >= 0.6 is 11.6 Å². The molecule has 0 spiro atoms. The van der Waals surface area contributed by atoms with Gasteiger partial charge in [0.05, 0.1) is 5.56 Å². The van der Waals surface area contributed by atoms with Gasteiger partial charge in [0.1, 0.15) is 6.33 Å². The molecule has 1 aromatic heterocycles. The Morgan fingerprint density at radius 1 is 1.13 bits per heavy atom. The third kappa shape index (κ3) is 2.19. The van der Waals surface area contributed by atoms with Gasteiger partial charge in [-0.3, -0.25) is 4.79 Å². The molecule has 0 aliphatic carbocycles. The number of aromatic nitrogens is 2. The summed E-state index contributed by atoms with van der Waals surface area (Å²) in [4.78, 5) is 19.4. The van der Waals surface area contributed by atoms with Gasteiger partial charge >= 0.3 is 0 Å². The van der Waals surface area contributed by atoms with Gasteiger partial charge in [0.25, 0.3) is 0 Å². The van der Waals surface area contributed by atoms with Gasteiger partial charge in [0, 0.05) is 23.0 Å². The van der Waals surface area contributed by atoms with Crippen LogP contribution in [0.1, 0.15) is 15.9 Å². The molecule has 0 fully saturated rings. The molecule has 15 heavy (non-hydrogen) atoms. The molecule has 2 aromatic rings. The second-order valence-electron chi connectivity index (χ2n) is 2.97. The maximum atomic E-state index is 11.9. The van der Waals surface area contributed by atoms with E-state index >= 15 is 0 Å². The molecular formula is C11H7ClN2O. The molecule has 0 unspecified atom stereocenters. The predicted octanol–water partition coefficient (Wildman–Crippen LogP) is 2.36. The summed E-state index contributed by atoms with van der Waals surface area (Å²) in [6.07, 6.45) is 4.35. The first-order chi connectivity index (χ1) is 7.27. The van der Waals surface area contributed by atoms with E-state index in [1.54, 1.807) is 24.3 Å². The van der Waals surface area contributed by atoms with Crippen LogP contribution in [0.25, 0.3) is 0 Å². The van der Waals surface area contributed by atoms with Crippen LogP contribution in [-0.2, 0) is 0 Å². The highest BCUT2D eigenvalue weighted by atomic mass is 35.5. The average Bonchev–Trinajstić information content (AvgIpc) is 2.29. The maximum absolute atomic E-state index is 11.9. The first-order valence-electron chi connectivity index (χ1n) is 4.32. The summed E-state index contributed by atoms with van der Waals surface area (Å²) >= 11 is 5.79. The summed E-state index contributed by atoms with van der Waals surface area (Å²) in [5.74, 6) is -0.127. The van der Waals surface area contributed by atoms with Crippen molar-refractivity contribution >= 4 is 17.4 Å². The summed E-state index contributed by atoms with van der Waals surface area (Å²) < 4.78 is 0. The van der Waals surface area contributed by atoms with Crippen LogP contribution in [0.5, 0.6) is 0 Å². The number of ketones is 1. The molecule has 2 rings (SSSR count). The second kappa shape index (κ2) is 4.19. The Bertz CT molecular complexity index is 485. The first kappa shape index (κ1) is 9.80. The molecule has 1 aromatic carbocycles. The average molecular weight is 219 g/mol. The lowest BCUT2D eigenvalue weighted by molar-refractivity contribution is 0.103. The molecular weight excluding hydrogens is 212 g/mol. The molecule has 0 bridgehead atoms. The zero-order valence-corrected chi connectivity index (χ0v) is 8.48. The van der Waals surface area contributed by atoms with Crippen molar-refractivity contribution in [2.75, 3.05) is 0 Å². The largest absolute Gasteiger partial charge is 0.288 e. The minimum atomic E-state index is -0.127. The lowest BCUT2D eigenvalue weighted by atomic mass is 10.1. The Kier molecular flexibility index (Phi) is 2.74. The Labute approximate surface area is 91.8 Å². The fourth-order valence-electron chi connectivity index (χ4n) is 1.21. The van der Waals surface area contributed by atoms with Crippen molar-refractivity contribution in [3.63, 3.8) is 0 Å². The van der Waals surface area contributed by atoms with Gasteiger partial charge in [-0.25, -0.2) is 9.97 Å². The van der Waals surface area contributed by atoms with Crippen molar-refractivity contribution in [1.82, 2.24) is 9.97 Å². The highest BCUT2D eigenvalue weighted by Gasteiger charge is 2.09. The van der Waals surface area contributed by atoms with Gasteiger partial charge in [-0.05, 0) is 12.1 Å². The van der Waals surface area contributed by atoms with E-state index in [4.69, 9.17) is 11.6 Å². The smallest absolute Gasteiger partial charge is 0.196 e. The molecule has 1 heterocycles. The fourth-order valence-corrected chi connectivity index (χ4v) is 1.40. The minimum Gasteiger partial charge on any atom is -0.288 e. The van der Waals surface area contributed by atoms with E-state index in [0.29, 0.717) is 16.1 Å². The van der Waals surface area contributed by atoms with E-state index in [1.807, 2.05) is 0 Å². The van der Waals surface area contributed by atoms with Crippen LogP contribution in [0.15, 0.2) is 43.0 Å². The van der Waals surface area contributed by atoms with Crippen molar-refractivity contribution < 1.29 is 4.79 Å². The third-order valence-electron chi connectivity index (χ3n) is 1.91. The number of nitrogens with zero attached hydrogens (tertiary/aromatic N) is 2. The fraction of sp³-hybridized carbons (Fsp3) is 0. The zero-order chi connectivity index (χ0) is 10.7. The molecule has 4 heteroatoms. The highest BCUT2D eigenvalue weighted by Crippen LogP contribution is 2.13. The van der Waals surface area contributed by atoms with Crippen molar-refractivity contribution in [3.8, 4) is 0 Å². The Balaban J connectivity index is 2.37. The topological polar surface area (TPSA) is 42.9 Å². The molecule has 0 saturated carbocycles. The van der Waals surface area contributed by atoms with E-state index < -0.39 is 0 Å². The van der Waals surface area contributed by atoms with Gasteiger partial charge in [0.15, 0.2) is 5.78 Å². The van der Waals surface area contributed by atoms with E-state index in [9.17, 15) is 4.79 Å². The number of rotatable bonds is 2. The molecule has 0 aliphatic heterocycles. The van der Waals surface area contributed by atoms with Crippen LogP contribution in [0.2, 0.25) is 5.02 Å². The van der Waals surface area contributed by atoms with Crippen LogP contribution < -0.4 is 0 Å². The van der Waals surface area contributed by atoms with E-state index in [-0.39, 0.29) is 5.78 Å². The van der Waals surface area contributed by atoms with E-state index in [1.165, 1.54) is 18.7 Å². The summed E-state index contributed by atoms with van der Waals surface area (Å²) in [6.45, 7) is 0. The van der Waals surface area contributed by atoms with Gasteiger partial charge < -0.3 is 0 Å². The Morgan fingerprint density at radius 2 is 1.87 bits per heavy atom. The molecule has 74 valence electrons. The Hall–Kier alpha value is -1.74. The summed E-state index contributed by atoms with van der Waals surface area (Å²) in [5, 5.41) is 0.540. The van der Waals surface area contributed by atoms with Crippen molar-refractivity contribution in [2.24, 2.45) is 0 Å². The predicted molar refractivity (Wildman–Crippen MR) is 56.9 cm³/mol. The number of carbonyl (C=O) groups excluding carboxylic acids is 1. The van der Waals surface area contributed by atoms with E-state index in [0.717, 1.165) is 0 Å². The highest BCUT2D eigenvalue weighted by molar-refractivity contribution is 6.31. The number of carbonyl (C=O) groups is 1. The van der Waals surface area contributed by atoms with Gasteiger partial charge in [-0.2, -0.15) is 0 Å². The number of hydrogen-bond donors (Lipinski definition) is 0. The van der Waals surface area contributed by atoms with E-state index in [2.05, 4.69) is 9.97 Å². The molecule has 0 aliphatic rings. The molecule has 0 radical (unpaired) electrons. The zero-order valence-electron chi connectivity index (χ0n) is 7.72. The van der Waals surface area contributed by atoms with Crippen molar-refractivity contribution in [3.05, 3.63) is 59.1 Å². The SMILES string of the molecule is O=C(c1cncnc1)c1cccc(Cl)c1. The summed E-state index contributed by atoms with van der Waals surface area (Å²) in [7, 11) is 0. The number of benzene rings is 1. The second-order valence-corrected chi connectivity index (χ2v) is 3.40.